The monoisotopic (exact) mass is 410 g/mol. The maximum absolute atomic E-state index is 13.2. The van der Waals surface area contributed by atoms with Crippen molar-refractivity contribution in [3.8, 4) is 0 Å². The van der Waals surface area contributed by atoms with Crippen molar-refractivity contribution in [1.29, 1.82) is 0 Å². The molecule has 2 amide bonds. The quantitative estimate of drug-likeness (QED) is 0.810. The molecule has 1 aliphatic rings. The van der Waals surface area contributed by atoms with Crippen molar-refractivity contribution >= 4 is 43.7 Å². The number of benzene rings is 2. The number of amides is 2. The molecule has 3 rings (SSSR count). The largest absolute Gasteiger partial charge is 0.333 e. The third kappa shape index (κ3) is 3.49. The first-order chi connectivity index (χ1) is 11.3. The summed E-state index contributed by atoms with van der Waals surface area (Å²) in [6, 6.07) is 7.58. The van der Waals surface area contributed by atoms with Gasteiger partial charge in [-0.2, -0.15) is 0 Å². The van der Waals surface area contributed by atoms with Gasteiger partial charge < -0.3 is 5.32 Å². The van der Waals surface area contributed by atoms with E-state index in [1.807, 2.05) is 16.9 Å². The molecule has 0 saturated heterocycles. The second-order valence-electron chi connectivity index (χ2n) is 5.16. The number of sulfonamides is 1. The van der Waals surface area contributed by atoms with Crippen molar-refractivity contribution in [2.45, 2.75) is 11.3 Å². The summed E-state index contributed by atoms with van der Waals surface area (Å²) in [7, 11) is -4.00. The minimum absolute atomic E-state index is 0.00300. The minimum Gasteiger partial charge on any atom is -0.307 e. The lowest BCUT2D eigenvalue weighted by Crippen LogP contribution is -2.34. The van der Waals surface area contributed by atoms with Crippen LogP contribution in [0.1, 0.15) is 11.1 Å². The van der Waals surface area contributed by atoms with Gasteiger partial charge in [0.1, 0.15) is 5.82 Å². The Labute approximate surface area is 146 Å². The zero-order valence-corrected chi connectivity index (χ0v) is 14.6. The van der Waals surface area contributed by atoms with Gasteiger partial charge in [0.2, 0.25) is 0 Å². The van der Waals surface area contributed by atoms with Gasteiger partial charge in [-0.05, 0) is 63.8 Å². The Morgan fingerprint density at radius 2 is 1.96 bits per heavy atom. The van der Waals surface area contributed by atoms with Crippen LogP contribution in [0.15, 0.2) is 51.8 Å². The van der Waals surface area contributed by atoms with Crippen LogP contribution in [0.4, 0.5) is 14.9 Å². The summed E-state index contributed by atoms with van der Waals surface area (Å²) in [5.74, 6) is -0.486. The number of fused-ring (bicyclic) bond motifs is 1. The molecule has 0 heterocycles. The number of allylic oxidation sites excluding steroid dienone is 1. The number of rotatable bonds is 3. The fourth-order valence-electron chi connectivity index (χ4n) is 2.31. The van der Waals surface area contributed by atoms with Gasteiger partial charge in [0.15, 0.2) is 0 Å². The molecule has 2 N–H and O–H groups in total. The molecule has 2 aromatic carbocycles. The standard InChI is InChI=1S/C16H12BrFN2O3S/c17-14-9-12(5-7-15(14)18)19-16(21)20-24(22,23)13-6-4-10-2-1-3-11(10)8-13/h1,3-9H,2H2,(H2,19,20,21). The van der Waals surface area contributed by atoms with Gasteiger partial charge >= 0.3 is 6.03 Å². The molecule has 0 aliphatic heterocycles. The van der Waals surface area contributed by atoms with Crippen molar-refractivity contribution in [3.63, 3.8) is 0 Å². The van der Waals surface area contributed by atoms with Crippen molar-refractivity contribution in [2.75, 3.05) is 5.32 Å². The highest BCUT2D eigenvalue weighted by atomic mass is 79.9. The van der Waals surface area contributed by atoms with Crippen LogP contribution >= 0.6 is 15.9 Å². The van der Waals surface area contributed by atoms with E-state index in [1.54, 1.807) is 6.07 Å². The predicted molar refractivity (Wildman–Crippen MR) is 92.6 cm³/mol. The SMILES string of the molecule is O=C(Nc1ccc(F)c(Br)c1)NS(=O)(=O)c1ccc2c(c1)C=CC2. The Morgan fingerprint density at radius 1 is 1.17 bits per heavy atom. The highest BCUT2D eigenvalue weighted by molar-refractivity contribution is 9.10. The van der Waals surface area contributed by atoms with E-state index in [0.717, 1.165) is 23.6 Å². The zero-order chi connectivity index (χ0) is 17.3. The Balaban J connectivity index is 1.75. The van der Waals surface area contributed by atoms with Gasteiger partial charge in [0.05, 0.1) is 9.37 Å². The van der Waals surface area contributed by atoms with Crippen LogP contribution in [0.2, 0.25) is 0 Å². The van der Waals surface area contributed by atoms with Crippen LogP contribution in [-0.4, -0.2) is 14.4 Å². The summed E-state index contributed by atoms with van der Waals surface area (Å²) in [6.45, 7) is 0. The van der Waals surface area contributed by atoms with Crippen LogP contribution in [0, 0.1) is 5.82 Å². The van der Waals surface area contributed by atoms with Crippen molar-refractivity contribution in [3.05, 3.63) is 63.9 Å². The van der Waals surface area contributed by atoms with Crippen LogP contribution in [0.25, 0.3) is 6.08 Å². The predicted octanol–water partition coefficient (Wildman–Crippen LogP) is 3.67. The average molecular weight is 411 g/mol. The number of halogens is 2. The summed E-state index contributed by atoms with van der Waals surface area (Å²) in [4.78, 5) is 11.9. The van der Waals surface area contributed by atoms with E-state index in [2.05, 4.69) is 21.2 Å². The highest BCUT2D eigenvalue weighted by Crippen LogP contribution is 2.23. The van der Waals surface area contributed by atoms with E-state index >= 15 is 0 Å². The van der Waals surface area contributed by atoms with E-state index in [1.165, 1.54) is 24.3 Å². The summed E-state index contributed by atoms with van der Waals surface area (Å²) < 4.78 is 39.8. The van der Waals surface area contributed by atoms with Gasteiger partial charge in [-0.15, -0.1) is 0 Å². The molecule has 2 aromatic rings. The lowest BCUT2D eigenvalue weighted by Gasteiger charge is -2.10. The Kier molecular flexibility index (Phi) is 4.42. The molecule has 0 bridgehead atoms. The van der Waals surface area contributed by atoms with Gasteiger partial charge in [0, 0.05) is 5.69 Å². The van der Waals surface area contributed by atoms with Crippen molar-refractivity contribution in [2.24, 2.45) is 0 Å². The van der Waals surface area contributed by atoms with Gasteiger partial charge in [-0.25, -0.2) is 22.3 Å². The number of nitrogens with one attached hydrogen (secondary N) is 2. The lowest BCUT2D eigenvalue weighted by molar-refractivity contribution is 0.256. The van der Waals surface area contributed by atoms with E-state index in [-0.39, 0.29) is 15.1 Å². The molecule has 0 aromatic heterocycles. The Bertz CT molecular complexity index is 958. The molecule has 0 unspecified atom stereocenters. The average Bonchev–Trinajstić information content (AvgIpc) is 2.98. The normalized spacial score (nSPS) is 12.8. The van der Waals surface area contributed by atoms with Crippen LogP contribution in [0.3, 0.4) is 0 Å². The molecule has 124 valence electrons. The third-order valence-corrected chi connectivity index (χ3v) is 5.40. The first-order valence-electron chi connectivity index (χ1n) is 6.93. The maximum Gasteiger partial charge on any atom is 0.333 e. The first kappa shape index (κ1) is 16.7. The number of urea groups is 1. The molecule has 0 atom stereocenters. The number of anilines is 1. The topological polar surface area (TPSA) is 75.3 Å². The van der Waals surface area contributed by atoms with E-state index in [0.29, 0.717) is 0 Å². The molecule has 0 fully saturated rings. The second-order valence-corrected chi connectivity index (χ2v) is 7.69. The van der Waals surface area contributed by atoms with Gasteiger partial charge in [-0.3, -0.25) is 0 Å². The second kappa shape index (κ2) is 6.37. The smallest absolute Gasteiger partial charge is 0.307 e. The van der Waals surface area contributed by atoms with E-state index < -0.39 is 21.9 Å². The van der Waals surface area contributed by atoms with E-state index in [9.17, 15) is 17.6 Å². The molecule has 1 aliphatic carbocycles. The summed E-state index contributed by atoms with van der Waals surface area (Å²) in [5, 5.41) is 2.35. The lowest BCUT2D eigenvalue weighted by atomic mass is 10.1. The summed E-state index contributed by atoms with van der Waals surface area (Å²) in [6.07, 6.45) is 4.54. The number of carbonyl (C=O) groups excluding carboxylic acids is 1. The molecule has 0 spiro atoms. The Hall–Kier alpha value is -2.19. The number of hydrogen-bond acceptors (Lipinski definition) is 3. The molecular formula is C16H12BrFN2O3S. The minimum atomic E-state index is -4.00. The number of carbonyl (C=O) groups is 1. The molecular weight excluding hydrogens is 399 g/mol. The van der Waals surface area contributed by atoms with Crippen LogP contribution in [0.5, 0.6) is 0 Å². The van der Waals surface area contributed by atoms with Crippen molar-refractivity contribution in [1.82, 2.24) is 4.72 Å². The molecule has 0 saturated carbocycles. The highest BCUT2D eigenvalue weighted by Gasteiger charge is 2.19. The fraction of sp³-hybridized carbons (Fsp3) is 0.0625. The molecule has 0 radical (unpaired) electrons. The van der Waals surface area contributed by atoms with Crippen molar-refractivity contribution < 1.29 is 17.6 Å². The van der Waals surface area contributed by atoms with Crippen LogP contribution in [-0.2, 0) is 16.4 Å². The third-order valence-electron chi connectivity index (χ3n) is 3.47. The summed E-state index contributed by atoms with van der Waals surface area (Å²) in [5.41, 5.74) is 2.11. The number of hydrogen-bond donors (Lipinski definition) is 2. The van der Waals surface area contributed by atoms with Gasteiger partial charge in [-0.1, -0.05) is 18.2 Å². The fourth-order valence-corrected chi connectivity index (χ4v) is 3.63. The first-order valence-corrected chi connectivity index (χ1v) is 9.21. The van der Waals surface area contributed by atoms with Gasteiger partial charge in [0.25, 0.3) is 10.0 Å². The van der Waals surface area contributed by atoms with Crippen LogP contribution < -0.4 is 10.0 Å². The molecule has 24 heavy (non-hydrogen) atoms. The summed E-state index contributed by atoms with van der Waals surface area (Å²) >= 11 is 2.99. The maximum atomic E-state index is 13.2. The zero-order valence-electron chi connectivity index (χ0n) is 12.2. The molecule has 5 nitrogen and oxygen atoms in total. The Morgan fingerprint density at radius 3 is 2.71 bits per heavy atom. The van der Waals surface area contributed by atoms with E-state index in [4.69, 9.17) is 0 Å². The molecule has 8 heteroatoms.